The van der Waals surface area contributed by atoms with Gasteiger partial charge in [-0.15, -0.1) is 0 Å². The van der Waals surface area contributed by atoms with Crippen LogP contribution in [0.2, 0.25) is 5.02 Å². The topological polar surface area (TPSA) is 73.2 Å². The number of ether oxygens (including phenoxy) is 1. The van der Waals surface area contributed by atoms with Gasteiger partial charge in [-0.05, 0) is 48.5 Å². The standard InChI is InChI=1S/C24H18ClN3O3/c25-18-8-6-17(7-9-18)22-14-24(30)28(16-26-22)15-23(29)27-19-10-12-21(13-11-19)31-20-4-2-1-3-5-20/h1-14,16H,15H2,(H,27,29). The second-order valence-electron chi connectivity index (χ2n) is 6.73. The fourth-order valence-electron chi connectivity index (χ4n) is 2.91. The lowest BCUT2D eigenvalue weighted by Gasteiger charge is -2.09. The SMILES string of the molecule is O=C(Cn1cnc(-c2ccc(Cl)cc2)cc1=O)Nc1ccc(Oc2ccccc2)cc1. The second-order valence-corrected chi connectivity index (χ2v) is 7.17. The van der Waals surface area contributed by atoms with Crippen LogP contribution in [0.3, 0.4) is 0 Å². The fourth-order valence-corrected chi connectivity index (χ4v) is 3.04. The third-order valence-corrected chi connectivity index (χ3v) is 4.70. The highest BCUT2D eigenvalue weighted by Gasteiger charge is 2.08. The molecule has 1 aromatic heterocycles. The van der Waals surface area contributed by atoms with Crippen LogP contribution in [0.4, 0.5) is 5.69 Å². The van der Waals surface area contributed by atoms with Crippen molar-refractivity contribution in [3.63, 3.8) is 0 Å². The van der Waals surface area contributed by atoms with E-state index in [1.54, 1.807) is 48.5 Å². The van der Waals surface area contributed by atoms with Gasteiger partial charge < -0.3 is 10.1 Å². The molecule has 4 aromatic rings. The van der Waals surface area contributed by atoms with Crippen LogP contribution in [0.1, 0.15) is 0 Å². The number of aromatic nitrogens is 2. The first-order chi connectivity index (χ1) is 15.1. The number of carbonyl (C=O) groups is 1. The highest BCUT2D eigenvalue weighted by atomic mass is 35.5. The normalized spacial score (nSPS) is 10.5. The first kappa shape index (κ1) is 20.4. The lowest BCUT2D eigenvalue weighted by molar-refractivity contribution is -0.116. The molecule has 1 amide bonds. The molecule has 6 nitrogen and oxygen atoms in total. The molecule has 154 valence electrons. The van der Waals surface area contributed by atoms with E-state index in [0.29, 0.717) is 22.2 Å². The van der Waals surface area contributed by atoms with Gasteiger partial charge in [0.1, 0.15) is 18.0 Å². The maximum atomic E-state index is 12.4. The lowest BCUT2D eigenvalue weighted by atomic mass is 10.1. The summed E-state index contributed by atoms with van der Waals surface area (Å²) < 4.78 is 6.98. The molecule has 4 rings (SSSR count). The predicted molar refractivity (Wildman–Crippen MR) is 121 cm³/mol. The Bertz CT molecular complexity index is 1240. The van der Waals surface area contributed by atoms with Crippen molar-refractivity contribution in [3.05, 3.63) is 107 Å². The summed E-state index contributed by atoms with van der Waals surface area (Å²) in [5, 5.41) is 3.37. The van der Waals surface area contributed by atoms with Crippen molar-refractivity contribution in [3.8, 4) is 22.8 Å². The van der Waals surface area contributed by atoms with Crippen LogP contribution in [0.25, 0.3) is 11.3 Å². The molecular weight excluding hydrogens is 414 g/mol. The third-order valence-electron chi connectivity index (χ3n) is 4.45. The summed E-state index contributed by atoms with van der Waals surface area (Å²) in [4.78, 5) is 29.0. The van der Waals surface area contributed by atoms with Crippen molar-refractivity contribution in [2.45, 2.75) is 6.54 Å². The van der Waals surface area contributed by atoms with Crippen molar-refractivity contribution in [2.24, 2.45) is 0 Å². The molecule has 0 saturated heterocycles. The van der Waals surface area contributed by atoms with Gasteiger partial charge in [-0.25, -0.2) is 4.98 Å². The van der Waals surface area contributed by atoms with Gasteiger partial charge in [-0.3, -0.25) is 14.2 Å². The summed E-state index contributed by atoms with van der Waals surface area (Å²) in [5.74, 6) is 1.05. The molecule has 1 heterocycles. The summed E-state index contributed by atoms with van der Waals surface area (Å²) >= 11 is 5.89. The van der Waals surface area contributed by atoms with Crippen molar-refractivity contribution >= 4 is 23.2 Å². The van der Waals surface area contributed by atoms with Gasteiger partial charge in [0.2, 0.25) is 5.91 Å². The van der Waals surface area contributed by atoms with E-state index < -0.39 is 0 Å². The lowest BCUT2D eigenvalue weighted by Crippen LogP contribution is -2.27. The molecule has 31 heavy (non-hydrogen) atoms. The quantitative estimate of drug-likeness (QED) is 0.466. The molecule has 0 fully saturated rings. The molecule has 0 atom stereocenters. The molecule has 0 saturated carbocycles. The number of halogens is 1. The van der Waals surface area contributed by atoms with E-state index in [1.807, 2.05) is 30.3 Å². The average molecular weight is 432 g/mol. The molecule has 0 radical (unpaired) electrons. The predicted octanol–water partition coefficient (Wildman–Crippen LogP) is 4.99. The molecule has 3 aromatic carbocycles. The van der Waals surface area contributed by atoms with Gasteiger partial charge in [0.05, 0.1) is 12.0 Å². The van der Waals surface area contributed by atoms with Crippen molar-refractivity contribution < 1.29 is 9.53 Å². The molecule has 0 aliphatic heterocycles. The molecule has 1 N–H and O–H groups in total. The number of nitrogens with zero attached hydrogens (tertiary/aromatic N) is 2. The molecule has 0 bridgehead atoms. The average Bonchev–Trinajstić information content (AvgIpc) is 2.78. The Morgan fingerprint density at radius 3 is 2.29 bits per heavy atom. The molecule has 0 unspecified atom stereocenters. The van der Waals surface area contributed by atoms with Gasteiger partial charge >= 0.3 is 0 Å². The van der Waals surface area contributed by atoms with Crippen molar-refractivity contribution in [1.29, 1.82) is 0 Å². The Labute approximate surface area is 183 Å². The Morgan fingerprint density at radius 1 is 0.935 bits per heavy atom. The van der Waals surface area contributed by atoms with Gasteiger partial charge in [0.15, 0.2) is 0 Å². The third kappa shape index (κ3) is 5.38. The van der Waals surface area contributed by atoms with E-state index >= 15 is 0 Å². The van der Waals surface area contributed by atoms with Crippen LogP contribution < -0.4 is 15.6 Å². The highest BCUT2D eigenvalue weighted by molar-refractivity contribution is 6.30. The summed E-state index contributed by atoms with van der Waals surface area (Å²) in [6, 6.07) is 24.8. The Hall–Kier alpha value is -3.90. The molecule has 7 heteroatoms. The number of amides is 1. The number of nitrogens with one attached hydrogen (secondary N) is 1. The van der Waals surface area contributed by atoms with E-state index in [9.17, 15) is 9.59 Å². The minimum atomic E-state index is -0.333. The Kier molecular flexibility index (Phi) is 6.10. The number of anilines is 1. The van der Waals surface area contributed by atoms with Gasteiger partial charge in [0, 0.05) is 22.3 Å². The van der Waals surface area contributed by atoms with Crippen molar-refractivity contribution in [2.75, 3.05) is 5.32 Å². The summed E-state index contributed by atoms with van der Waals surface area (Å²) in [7, 11) is 0. The maximum Gasteiger partial charge on any atom is 0.254 e. The van der Waals surface area contributed by atoms with E-state index in [2.05, 4.69) is 10.3 Å². The van der Waals surface area contributed by atoms with Gasteiger partial charge in [-0.2, -0.15) is 0 Å². The van der Waals surface area contributed by atoms with Gasteiger partial charge in [-0.1, -0.05) is 41.9 Å². The number of para-hydroxylation sites is 1. The number of carbonyl (C=O) groups excluding carboxylic acids is 1. The van der Waals surface area contributed by atoms with Crippen LogP contribution in [0, 0.1) is 0 Å². The van der Waals surface area contributed by atoms with Crippen LogP contribution in [0.5, 0.6) is 11.5 Å². The zero-order valence-corrected chi connectivity index (χ0v) is 17.1. The zero-order valence-electron chi connectivity index (χ0n) is 16.4. The number of hydrogen-bond acceptors (Lipinski definition) is 4. The van der Waals surface area contributed by atoms with Crippen LogP contribution in [0.15, 0.2) is 96.1 Å². The summed E-state index contributed by atoms with van der Waals surface area (Å²) in [5.41, 5.74) is 1.58. The number of hydrogen-bond donors (Lipinski definition) is 1. The molecule has 0 spiro atoms. The van der Waals surface area contributed by atoms with E-state index in [0.717, 1.165) is 11.3 Å². The Balaban J connectivity index is 1.38. The van der Waals surface area contributed by atoms with Crippen molar-refractivity contribution in [1.82, 2.24) is 9.55 Å². The summed E-state index contributed by atoms with van der Waals surface area (Å²) in [6.07, 6.45) is 1.36. The number of rotatable bonds is 6. The molecular formula is C24H18ClN3O3. The molecule has 0 aliphatic rings. The largest absolute Gasteiger partial charge is 0.457 e. The van der Waals surface area contributed by atoms with Crippen LogP contribution >= 0.6 is 11.6 Å². The van der Waals surface area contributed by atoms with Crippen LogP contribution in [-0.2, 0) is 11.3 Å². The Morgan fingerprint density at radius 2 is 1.61 bits per heavy atom. The van der Waals surface area contributed by atoms with Gasteiger partial charge in [0.25, 0.3) is 5.56 Å². The highest BCUT2D eigenvalue weighted by Crippen LogP contribution is 2.22. The summed E-state index contributed by atoms with van der Waals surface area (Å²) in [6.45, 7) is -0.144. The minimum absolute atomic E-state index is 0.144. The van der Waals surface area contributed by atoms with E-state index in [-0.39, 0.29) is 18.0 Å². The minimum Gasteiger partial charge on any atom is -0.457 e. The first-order valence-electron chi connectivity index (χ1n) is 9.52. The number of benzene rings is 3. The van der Waals surface area contributed by atoms with E-state index in [1.165, 1.54) is 17.0 Å². The van der Waals surface area contributed by atoms with Crippen LogP contribution in [-0.4, -0.2) is 15.5 Å². The fraction of sp³-hybridized carbons (Fsp3) is 0.0417. The zero-order chi connectivity index (χ0) is 21.6. The maximum absolute atomic E-state index is 12.4. The van der Waals surface area contributed by atoms with E-state index in [4.69, 9.17) is 16.3 Å². The first-order valence-corrected chi connectivity index (χ1v) is 9.90. The second kappa shape index (κ2) is 9.28. The smallest absolute Gasteiger partial charge is 0.254 e. The molecule has 0 aliphatic carbocycles. The monoisotopic (exact) mass is 431 g/mol.